The Kier molecular flexibility index (Phi) is 4.34. The number of aliphatic hydroxyl groups excluding tert-OH is 1. The summed E-state index contributed by atoms with van der Waals surface area (Å²) in [5, 5.41) is 20.1. The first-order valence-corrected chi connectivity index (χ1v) is 6.51. The number of hydrogen-bond acceptors (Lipinski definition) is 5. The van der Waals surface area contributed by atoms with Crippen LogP contribution in [0.15, 0.2) is 18.2 Å². The van der Waals surface area contributed by atoms with E-state index in [9.17, 15) is 15.2 Å². The molecule has 0 aromatic heterocycles. The van der Waals surface area contributed by atoms with Crippen LogP contribution in [-0.2, 0) is 6.61 Å². The van der Waals surface area contributed by atoms with Crippen LogP contribution < -0.4 is 4.90 Å². The van der Waals surface area contributed by atoms with E-state index in [0.717, 1.165) is 38.4 Å². The monoisotopic (exact) mass is 265 g/mol. The highest BCUT2D eigenvalue weighted by atomic mass is 16.6. The lowest BCUT2D eigenvalue weighted by molar-refractivity contribution is -0.385. The van der Waals surface area contributed by atoms with E-state index in [4.69, 9.17) is 0 Å². The zero-order valence-electron chi connectivity index (χ0n) is 11.1. The lowest BCUT2D eigenvalue weighted by Crippen LogP contribution is -2.46. The number of nitro benzene ring substituents is 1. The molecule has 0 aliphatic carbocycles. The van der Waals surface area contributed by atoms with Gasteiger partial charge in [-0.15, -0.1) is 0 Å². The van der Waals surface area contributed by atoms with Gasteiger partial charge in [0.05, 0.1) is 17.1 Å². The topological polar surface area (TPSA) is 69.9 Å². The third-order valence-electron chi connectivity index (χ3n) is 3.61. The molecule has 1 aromatic carbocycles. The molecule has 1 aromatic rings. The molecular formula is C13H19N3O3. The number of nitro groups is 1. The Labute approximate surface area is 112 Å². The zero-order valence-corrected chi connectivity index (χ0v) is 11.1. The summed E-state index contributed by atoms with van der Waals surface area (Å²) in [5.74, 6) is 0. The first kappa shape index (κ1) is 13.8. The Morgan fingerprint density at radius 3 is 2.53 bits per heavy atom. The summed E-state index contributed by atoms with van der Waals surface area (Å²) in [6, 6.07) is 4.96. The molecule has 0 amide bonds. The van der Waals surface area contributed by atoms with Crippen molar-refractivity contribution in [1.29, 1.82) is 0 Å². The number of piperazine rings is 1. The molecular weight excluding hydrogens is 246 g/mol. The average Bonchev–Trinajstić information content (AvgIpc) is 2.46. The second kappa shape index (κ2) is 5.99. The van der Waals surface area contributed by atoms with Gasteiger partial charge in [0.1, 0.15) is 0 Å². The average molecular weight is 265 g/mol. The smallest absolute Gasteiger partial charge is 0.275 e. The largest absolute Gasteiger partial charge is 0.391 e. The lowest BCUT2D eigenvalue weighted by Gasteiger charge is -2.35. The molecule has 1 fully saturated rings. The molecule has 0 unspecified atom stereocenters. The first-order valence-electron chi connectivity index (χ1n) is 6.51. The molecule has 1 aliphatic rings. The molecule has 1 saturated heterocycles. The van der Waals surface area contributed by atoms with Gasteiger partial charge in [0.15, 0.2) is 0 Å². The number of likely N-dealkylation sites (N-methyl/N-ethyl adjacent to an activating group) is 1. The van der Waals surface area contributed by atoms with Crippen LogP contribution >= 0.6 is 0 Å². The van der Waals surface area contributed by atoms with Crippen LogP contribution in [0.3, 0.4) is 0 Å². The van der Waals surface area contributed by atoms with E-state index in [-0.39, 0.29) is 12.3 Å². The number of nitrogens with zero attached hydrogens (tertiary/aromatic N) is 3. The minimum atomic E-state index is -0.454. The lowest BCUT2D eigenvalue weighted by atomic mass is 10.1. The van der Waals surface area contributed by atoms with Crippen molar-refractivity contribution >= 4 is 11.4 Å². The molecule has 19 heavy (non-hydrogen) atoms. The third-order valence-corrected chi connectivity index (χ3v) is 3.61. The molecule has 1 heterocycles. The Balaban J connectivity index is 2.15. The van der Waals surface area contributed by atoms with Gasteiger partial charge in [-0.2, -0.15) is 0 Å². The maximum Gasteiger partial charge on any atom is 0.275 e. The molecule has 6 heteroatoms. The highest BCUT2D eigenvalue weighted by Crippen LogP contribution is 2.25. The van der Waals surface area contributed by atoms with E-state index >= 15 is 0 Å². The standard InChI is InChI=1S/C13H19N3O3/c1-2-14-5-7-15(8-6-14)12-3-4-13(16(18)19)11(9-12)10-17/h3-4,9,17H,2,5-8,10H2,1H3. The van der Waals surface area contributed by atoms with Crippen molar-refractivity contribution in [2.75, 3.05) is 37.6 Å². The molecule has 0 radical (unpaired) electrons. The van der Waals surface area contributed by atoms with Crippen LogP contribution in [0.2, 0.25) is 0 Å². The van der Waals surface area contributed by atoms with Crippen molar-refractivity contribution in [2.45, 2.75) is 13.5 Å². The van der Waals surface area contributed by atoms with E-state index in [0.29, 0.717) is 5.56 Å². The fraction of sp³-hybridized carbons (Fsp3) is 0.538. The summed E-state index contributed by atoms with van der Waals surface area (Å²) in [6.07, 6.45) is 0. The van der Waals surface area contributed by atoms with E-state index in [1.807, 2.05) is 0 Å². The zero-order chi connectivity index (χ0) is 13.8. The third kappa shape index (κ3) is 3.02. The van der Waals surface area contributed by atoms with Crippen molar-refractivity contribution < 1.29 is 10.0 Å². The summed E-state index contributed by atoms with van der Waals surface area (Å²) < 4.78 is 0. The van der Waals surface area contributed by atoms with Crippen molar-refractivity contribution in [3.8, 4) is 0 Å². The molecule has 1 aliphatic heterocycles. The maximum atomic E-state index is 10.8. The van der Waals surface area contributed by atoms with Crippen molar-refractivity contribution in [3.05, 3.63) is 33.9 Å². The van der Waals surface area contributed by atoms with E-state index in [1.54, 1.807) is 12.1 Å². The van der Waals surface area contributed by atoms with Crippen molar-refractivity contribution in [3.63, 3.8) is 0 Å². The number of benzene rings is 1. The highest BCUT2D eigenvalue weighted by Gasteiger charge is 2.19. The van der Waals surface area contributed by atoms with Gasteiger partial charge in [0.2, 0.25) is 0 Å². The van der Waals surface area contributed by atoms with Crippen molar-refractivity contribution in [1.82, 2.24) is 4.90 Å². The minimum absolute atomic E-state index is 0.0153. The van der Waals surface area contributed by atoms with Gasteiger partial charge >= 0.3 is 0 Å². The summed E-state index contributed by atoms with van der Waals surface area (Å²) in [6.45, 7) is 6.72. The first-order chi connectivity index (χ1) is 9.15. The van der Waals surface area contributed by atoms with Gasteiger partial charge in [-0.05, 0) is 18.7 Å². The number of rotatable bonds is 4. The summed E-state index contributed by atoms with van der Waals surface area (Å²) in [5.41, 5.74) is 1.31. The SMILES string of the molecule is CCN1CCN(c2ccc([N+](=O)[O-])c(CO)c2)CC1. The second-order valence-electron chi connectivity index (χ2n) is 4.65. The van der Waals surface area contributed by atoms with Gasteiger partial charge in [-0.3, -0.25) is 10.1 Å². The predicted octanol–water partition coefficient (Wildman–Crippen LogP) is 1.23. The Morgan fingerprint density at radius 1 is 1.32 bits per heavy atom. The molecule has 0 bridgehead atoms. The molecule has 0 saturated carbocycles. The summed E-state index contributed by atoms with van der Waals surface area (Å²) in [7, 11) is 0. The molecule has 0 spiro atoms. The molecule has 2 rings (SSSR count). The predicted molar refractivity (Wildman–Crippen MR) is 73.3 cm³/mol. The van der Waals surface area contributed by atoms with Gasteiger partial charge in [-0.1, -0.05) is 6.92 Å². The van der Waals surface area contributed by atoms with E-state index < -0.39 is 4.92 Å². The second-order valence-corrected chi connectivity index (χ2v) is 4.65. The highest BCUT2D eigenvalue weighted by molar-refractivity contribution is 5.55. The number of aliphatic hydroxyl groups is 1. The van der Waals surface area contributed by atoms with Crippen LogP contribution in [0, 0.1) is 10.1 Å². The minimum Gasteiger partial charge on any atom is -0.391 e. The Morgan fingerprint density at radius 2 is 2.00 bits per heavy atom. The molecule has 0 atom stereocenters. The number of anilines is 1. The Bertz CT molecular complexity index is 456. The van der Waals surface area contributed by atoms with Gasteiger partial charge in [0.25, 0.3) is 5.69 Å². The van der Waals surface area contributed by atoms with Crippen LogP contribution in [0.5, 0.6) is 0 Å². The van der Waals surface area contributed by atoms with Gasteiger partial charge < -0.3 is 14.9 Å². The van der Waals surface area contributed by atoms with Crippen LogP contribution in [0.4, 0.5) is 11.4 Å². The summed E-state index contributed by atoms with van der Waals surface area (Å²) >= 11 is 0. The van der Waals surface area contributed by atoms with E-state index in [1.165, 1.54) is 6.07 Å². The van der Waals surface area contributed by atoms with E-state index in [2.05, 4.69) is 16.7 Å². The van der Waals surface area contributed by atoms with Crippen LogP contribution in [-0.4, -0.2) is 47.7 Å². The van der Waals surface area contributed by atoms with Gasteiger partial charge in [0, 0.05) is 37.9 Å². The van der Waals surface area contributed by atoms with Crippen LogP contribution in [0.1, 0.15) is 12.5 Å². The molecule has 104 valence electrons. The molecule has 1 N–H and O–H groups in total. The van der Waals surface area contributed by atoms with Gasteiger partial charge in [-0.25, -0.2) is 0 Å². The Hall–Kier alpha value is -1.66. The fourth-order valence-corrected chi connectivity index (χ4v) is 2.40. The quantitative estimate of drug-likeness (QED) is 0.655. The fourth-order valence-electron chi connectivity index (χ4n) is 2.40. The van der Waals surface area contributed by atoms with Crippen molar-refractivity contribution in [2.24, 2.45) is 0 Å². The maximum absolute atomic E-state index is 10.8. The summed E-state index contributed by atoms with van der Waals surface area (Å²) in [4.78, 5) is 14.9. The normalized spacial score (nSPS) is 16.6. The number of hydrogen-bond donors (Lipinski definition) is 1. The van der Waals surface area contributed by atoms with Crippen LogP contribution in [0.25, 0.3) is 0 Å². The molecule has 6 nitrogen and oxygen atoms in total.